The lowest BCUT2D eigenvalue weighted by Crippen LogP contribution is -2.60. The van der Waals surface area contributed by atoms with Crippen molar-refractivity contribution >= 4 is 58.2 Å². The number of Topliss-reactive ketones (excluding diaryl/α,β-unsaturated/α-hetero) is 1. The lowest BCUT2D eigenvalue weighted by molar-refractivity contribution is -0.141. The number of nitrogens with one attached hydrogen (secondary N) is 4. The molecular formula is C50H64IN5O9. The molecule has 4 rings (SSSR count). The van der Waals surface area contributed by atoms with Crippen molar-refractivity contribution in [2.75, 3.05) is 37.3 Å². The van der Waals surface area contributed by atoms with Gasteiger partial charge in [0.15, 0.2) is 11.4 Å². The molecule has 1 aliphatic heterocycles. The largest absolute Gasteiger partial charge is 0.509 e. The summed E-state index contributed by atoms with van der Waals surface area (Å²) in [6.07, 6.45) is 5.67. The fourth-order valence-electron chi connectivity index (χ4n) is 7.27. The SMILES string of the molecule is C#Cc1ccc(COC(=O)OC(C)(CI)C(=O)[C@H](CC(C)C)NC(=O)[C@H](Cc2ccccc2)NC(=O)[C@H](CC(C)C)NC(=O)[C@H](CCc2ccccc2)NC(=O)CN2CCOCC2)cc1. The first-order valence-electron chi connectivity index (χ1n) is 22.2. The summed E-state index contributed by atoms with van der Waals surface area (Å²) in [5.74, 6) is -0.222. The fourth-order valence-corrected chi connectivity index (χ4v) is 7.81. The first kappa shape index (κ1) is 52.3. The molecule has 5 atom stereocenters. The number of aryl methyl sites for hydroxylation is 1. The number of ketones is 1. The number of morpholine rings is 1. The molecule has 1 saturated heterocycles. The Balaban J connectivity index is 1.53. The molecule has 0 spiro atoms. The van der Waals surface area contributed by atoms with Gasteiger partial charge < -0.3 is 35.5 Å². The van der Waals surface area contributed by atoms with Gasteiger partial charge in [-0.25, -0.2) is 4.79 Å². The molecule has 3 aromatic rings. The normalized spacial score (nSPS) is 15.6. The Kier molecular flexibility index (Phi) is 21.4. The van der Waals surface area contributed by atoms with Gasteiger partial charge in [-0.3, -0.25) is 28.9 Å². The Morgan fingerprint density at radius 1 is 0.723 bits per heavy atom. The van der Waals surface area contributed by atoms with Crippen LogP contribution in [0.3, 0.4) is 0 Å². The van der Waals surface area contributed by atoms with Crippen molar-refractivity contribution in [3.8, 4) is 12.3 Å². The third-order valence-corrected chi connectivity index (χ3v) is 12.3. The zero-order valence-electron chi connectivity index (χ0n) is 38.1. The Hall–Kier alpha value is -5.31. The van der Waals surface area contributed by atoms with Crippen LogP contribution in [-0.2, 0) is 57.6 Å². The molecule has 0 aliphatic carbocycles. The number of rotatable bonds is 24. The van der Waals surface area contributed by atoms with Crippen molar-refractivity contribution in [2.45, 2.75) is 103 Å². The van der Waals surface area contributed by atoms with E-state index in [2.05, 4.69) is 27.2 Å². The highest BCUT2D eigenvalue weighted by atomic mass is 127. The van der Waals surface area contributed by atoms with Crippen LogP contribution in [0, 0.1) is 24.2 Å². The highest BCUT2D eigenvalue weighted by Crippen LogP contribution is 2.23. The Morgan fingerprint density at radius 3 is 1.85 bits per heavy atom. The standard InChI is InChI=1S/C50H64IN5O9/c1-7-36-18-20-39(21-19-36)32-64-49(62)65-50(6,33-51)45(58)41(28-34(2)3)53-48(61)43(30-38-16-12-9-13-17-38)55-47(60)42(29-35(4)5)54-46(59)40(23-22-37-14-10-8-11-15-37)52-44(57)31-56-24-26-63-27-25-56/h1,8-21,34-35,40-43H,22-33H2,2-6H3,(H,52,57)(H,53,61)(H,54,59)(H,55,60)/t40-,41-,42-,43-,50?/m0/s1. The van der Waals surface area contributed by atoms with E-state index in [4.69, 9.17) is 20.6 Å². The van der Waals surface area contributed by atoms with Gasteiger partial charge in [-0.2, -0.15) is 0 Å². The van der Waals surface area contributed by atoms with Gasteiger partial charge in [0, 0.05) is 29.5 Å². The minimum atomic E-state index is -1.68. The molecule has 1 unspecified atom stereocenters. The van der Waals surface area contributed by atoms with Crippen molar-refractivity contribution < 1.29 is 43.0 Å². The minimum absolute atomic E-state index is 0.0502. The lowest BCUT2D eigenvalue weighted by Gasteiger charge is -2.32. The van der Waals surface area contributed by atoms with E-state index in [0.717, 1.165) is 11.1 Å². The third kappa shape index (κ3) is 17.9. The van der Waals surface area contributed by atoms with Crippen LogP contribution < -0.4 is 21.3 Å². The maximum Gasteiger partial charge on any atom is 0.509 e. The molecular weight excluding hydrogens is 941 g/mol. The fraction of sp³-hybridized carbons (Fsp3) is 0.480. The first-order valence-corrected chi connectivity index (χ1v) is 23.7. The van der Waals surface area contributed by atoms with Crippen molar-refractivity contribution in [1.82, 2.24) is 26.2 Å². The number of halogens is 1. The van der Waals surface area contributed by atoms with E-state index in [1.165, 1.54) is 6.92 Å². The molecule has 4 N–H and O–H groups in total. The average molecular weight is 1010 g/mol. The van der Waals surface area contributed by atoms with E-state index < -0.39 is 59.4 Å². The number of hydrogen-bond acceptors (Lipinski definition) is 10. The van der Waals surface area contributed by atoms with Crippen LogP contribution in [0.5, 0.6) is 0 Å². The molecule has 4 amide bonds. The summed E-state index contributed by atoms with van der Waals surface area (Å²) in [4.78, 5) is 85.6. The number of benzene rings is 3. The smallest absolute Gasteiger partial charge is 0.429 e. The number of amides is 4. The van der Waals surface area contributed by atoms with E-state index in [9.17, 15) is 28.8 Å². The van der Waals surface area contributed by atoms with Gasteiger partial charge in [0.25, 0.3) is 0 Å². The summed E-state index contributed by atoms with van der Waals surface area (Å²) in [6, 6.07) is 21.3. The molecule has 1 fully saturated rings. The molecule has 65 heavy (non-hydrogen) atoms. The summed E-state index contributed by atoms with van der Waals surface area (Å²) in [7, 11) is 0. The molecule has 0 saturated carbocycles. The highest BCUT2D eigenvalue weighted by molar-refractivity contribution is 14.1. The van der Waals surface area contributed by atoms with E-state index in [1.807, 2.05) is 116 Å². The molecule has 0 bridgehead atoms. The zero-order valence-corrected chi connectivity index (χ0v) is 40.3. The van der Waals surface area contributed by atoms with Crippen LogP contribution in [0.4, 0.5) is 4.79 Å². The lowest BCUT2D eigenvalue weighted by atomic mass is 9.90. The summed E-state index contributed by atoms with van der Waals surface area (Å²) < 4.78 is 16.5. The predicted octanol–water partition coefficient (Wildman–Crippen LogP) is 5.32. The van der Waals surface area contributed by atoms with Gasteiger partial charge in [0.05, 0.1) is 25.8 Å². The average Bonchev–Trinajstić information content (AvgIpc) is 3.29. The van der Waals surface area contributed by atoms with Gasteiger partial charge in [-0.1, -0.05) is 129 Å². The quantitative estimate of drug-likeness (QED) is 0.0397. The molecule has 3 aromatic carbocycles. The van der Waals surface area contributed by atoms with Gasteiger partial charge in [0.1, 0.15) is 24.7 Å². The molecule has 1 aliphatic rings. The summed E-state index contributed by atoms with van der Waals surface area (Å²) in [6.45, 7) is 11.3. The van der Waals surface area contributed by atoms with E-state index >= 15 is 0 Å². The molecule has 1 heterocycles. The van der Waals surface area contributed by atoms with Gasteiger partial charge in [-0.15, -0.1) is 6.42 Å². The summed E-state index contributed by atoms with van der Waals surface area (Å²) in [5, 5.41) is 11.6. The Bertz CT molecular complexity index is 2060. The van der Waals surface area contributed by atoms with Crippen LogP contribution in [0.15, 0.2) is 84.9 Å². The topological polar surface area (TPSA) is 181 Å². The van der Waals surface area contributed by atoms with Crippen LogP contribution in [-0.4, -0.2) is 108 Å². The number of carbonyl (C=O) groups excluding carboxylic acids is 6. The zero-order chi connectivity index (χ0) is 47.4. The number of ether oxygens (including phenoxy) is 3. The van der Waals surface area contributed by atoms with E-state index in [-0.39, 0.29) is 61.0 Å². The van der Waals surface area contributed by atoms with Gasteiger partial charge in [0.2, 0.25) is 23.6 Å². The molecule has 14 nitrogen and oxygen atoms in total. The number of carbonyl (C=O) groups is 6. The second kappa shape index (κ2) is 26.6. The van der Waals surface area contributed by atoms with Crippen molar-refractivity contribution in [3.63, 3.8) is 0 Å². The number of nitrogens with zero attached hydrogens (tertiary/aromatic N) is 1. The monoisotopic (exact) mass is 1010 g/mol. The van der Waals surface area contributed by atoms with Crippen molar-refractivity contribution in [2.24, 2.45) is 11.8 Å². The van der Waals surface area contributed by atoms with Gasteiger partial charge >= 0.3 is 6.16 Å². The van der Waals surface area contributed by atoms with Crippen molar-refractivity contribution in [3.05, 3.63) is 107 Å². The second-order valence-electron chi connectivity index (χ2n) is 17.4. The van der Waals surface area contributed by atoms with Crippen LogP contribution in [0.25, 0.3) is 0 Å². The van der Waals surface area contributed by atoms with Crippen LogP contribution in [0.1, 0.15) is 76.1 Å². The maximum absolute atomic E-state index is 14.4. The van der Waals surface area contributed by atoms with Crippen molar-refractivity contribution in [1.29, 1.82) is 0 Å². The number of alkyl halides is 1. The molecule has 350 valence electrons. The molecule has 0 radical (unpaired) electrons. The van der Waals surface area contributed by atoms with Gasteiger partial charge in [-0.05, 0) is 73.3 Å². The van der Waals surface area contributed by atoms with Crippen LogP contribution in [0.2, 0.25) is 0 Å². The van der Waals surface area contributed by atoms with E-state index in [1.54, 1.807) is 24.3 Å². The third-order valence-electron chi connectivity index (χ3n) is 10.8. The van der Waals surface area contributed by atoms with E-state index in [0.29, 0.717) is 43.9 Å². The summed E-state index contributed by atoms with van der Waals surface area (Å²) >= 11 is 1.96. The van der Waals surface area contributed by atoms with Crippen LogP contribution >= 0.6 is 22.6 Å². The Morgan fingerprint density at radius 2 is 1.26 bits per heavy atom. The highest BCUT2D eigenvalue weighted by Gasteiger charge is 2.43. The maximum atomic E-state index is 14.4. The molecule has 0 aromatic heterocycles. The second-order valence-corrected chi connectivity index (χ2v) is 18.1. The molecule has 15 heteroatoms. The Labute approximate surface area is 397 Å². The minimum Gasteiger partial charge on any atom is -0.429 e. The first-order chi connectivity index (χ1) is 31.1. The number of hydrogen-bond donors (Lipinski definition) is 4. The number of terminal acetylenes is 1. The summed E-state index contributed by atoms with van der Waals surface area (Å²) in [5.41, 5.74) is 1.39. The predicted molar refractivity (Wildman–Crippen MR) is 257 cm³/mol.